The minimum absolute atomic E-state index is 0.0485. The third-order valence-corrected chi connectivity index (χ3v) is 5.58. The third kappa shape index (κ3) is 3.32. The van der Waals surface area contributed by atoms with E-state index in [4.69, 9.17) is 4.42 Å². The van der Waals surface area contributed by atoms with Crippen LogP contribution in [0.5, 0.6) is 0 Å². The predicted molar refractivity (Wildman–Crippen MR) is 113 cm³/mol. The number of hydrogen-bond acceptors (Lipinski definition) is 6. The summed E-state index contributed by atoms with van der Waals surface area (Å²) in [4.78, 5) is 36.5. The van der Waals surface area contributed by atoms with Gasteiger partial charge in [0.1, 0.15) is 5.54 Å². The molecule has 1 aromatic carbocycles. The molecule has 1 fully saturated rings. The number of H-pyrrole nitrogens is 1. The highest BCUT2D eigenvalue weighted by Crippen LogP contribution is 2.37. The lowest BCUT2D eigenvalue weighted by Crippen LogP contribution is -2.44. The number of carbonyl (C=O) groups is 2. The summed E-state index contributed by atoms with van der Waals surface area (Å²) in [5, 5.41) is 7.70. The van der Waals surface area contributed by atoms with Crippen molar-refractivity contribution >= 4 is 28.5 Å². The first-order valence-corrected chi connectivity index (χ1v) is 10.1. The molecule has 0 bridgehead atoms. The maximum atomic E-state index is 13.3. The number of imide groups is 1. The van der Waals surface area contributed by atoms with Crippen LogP contribution in [0.15, 0.2) is 53.2 Å². The summed E-state index contributed by atoms with van der Waals surface area (Å²) in [5.74, 6) is -1.23. The number of amides is 3. The van der Waals surface area contributed by atoms with Gasteiger partial charge in [0, 0.05) is 23.3 Å². The van der Waals surface area contributed by atoms with Crippen LogP contribution in [0, 0.1) is 0 Å². The number of fused-ring (bicyclic) bond motifs is 1. The highest BCUT2D eigenvalue weighted by Gasteiger charge is 2.52. The predicted octanol–water partition coefficient (Wildman–Crippen LogP) is 4.30. The van der Waals surface area contributed by atoms with E-state index in [1.807, 2.05) is 18.2 Å². The number of pyridine rings is 1. The Labute approximate surface area is 186 Å². The van der Waals surface area contributed by atoms with E-state index in [1.165, 1.54) is 11.1 Å². The lowest BCUT2D eigenvalue weighted by atomic mass is 10.0. The van der Waals surface area contributed by atoms with Crippen LogP contribution in [0.25, 0.3) is 22.4 Å². The van der Waals surface area contributed by atoms with E-state index in [9.17, 15) is 18.4 Å². The normalized spacial score (nSPS) is 15.9. The number of alkyl halides is 2. The maximum absolute atomic E-state index is 13.3. The van der Waals surface area contributed by atoms with Crippen LogP contribution in [0.3, 0.4) is 0 Å². The molecular formula is C22H18F2N6O3. The third-order valence-electron chi connectivity index (χ3n) is 5.58. The van der Waals surface area contributed by atoms with E-state index < -0.39 is 23.9 Å². The maximum Gasteiger partial charge on any atom is 0.332 e. The molecule has 1 N–H and O–H groups in total. The van der Waals surface area contributed by atoms with Gasteiger partial charge in [0.15, 0.2) is 0 Å². The van der Waals surface area contributed by atoms with Gasteiger partial charge in [-0.15, -0.1) is 10.2 Å². The number of aromatic amines is 1. The molecule has 0 saturated carbocycles. The van der Waals surface area contributed by atoms with Gasteiger partial charge in [0.25, 0.3) is 11.8 Å². The van der Waals surface area contributed by atoms with Crippen molar-refractivity contribution in [2.24, 2.45) is 0 Å². The van der Waals surface area contributed by atoms with Crippen LogP contribution in [0.1, 0.15) is 31.9 Å². The van der Waals surface area contributed by atoms with Gasteiger partial charge in [-0.1, -0.05) is 6.07 Å². The monoisotopic (exact) mass is 452 g/mol. The Morgan fingerprint density at radius 1 is 1.12 bits per heavy atom. The smallest absolute Gasteiger partial charge is 0.332 e. The van der Waals surface area contributed by atoms with Crippen LogP contribution in [-0.2, 0) is 11.3 Å². The molecule has 33 heavy (non-hydrogen) atoms. The van der Waals surface area contributed by atoms with Gasteiger partial charge < -0.3 is 9.40 Å². The van der Waals surface area contributed by atoms with Gasteiger partial charge in [-0.2, -0.15) is 8.78 Å². The number of urea groups is 1. The minimum Gasteiger partial charge on any atom is -0.415 e. The van der Waals surface area contributed by atoms with Crippen molar-refractivity contribution < 1.29 is 22.8 Å². The van der Waals surface area contributed by atoms with Crippen LogP contribution in [-0.4, -0.2) is 42.5 Å². The van der Waals surface area contributed by atoms with Crippen molar-refractivity contribution in [3.8, 4) is 11.5 Å². The summed E-state index contributed by atoms with van der Waals surface area (Å²) >= 11 is 0. The molecule has 168 valence electrons. The molecule has 1 saturated heterocycles. The number of hydrogen-bond donors (Lipinski definition) is 1. The van der Waals surface area contributed by atoms with Gasteiger partial charge in [0.05, 0.1) is 23.5 Å². The highest BCUT2D eigenvalue weighted by atomic mass is 19.3. The second-order valence-electron chi connectivity index (χ2n) is 8.07. The summed E-state index contributed by atoms with van der Waals surface area (Å²) in [6.07, 6.45) is 0.279. The number of rotatable bonds is 5. The summed E-state index contributed by atoms with van der Waals surface area (Å²) in [6.45, 7) is 3.35. The zero-order valence-corrected chi connectivity index (χ0v) is 17.6. The molecule has 0 unspecified atom stereocenters. The first-order valence-electron chi connectivity index (χ1n) is 10.1. The number of nitrogens with one attached hydrogen (secondary N) is 1. The Bertz CT molecular complexity index is 1360. The SMILES string of the molecule is CC1(C)C(=O)N(Cc2ccc(-c3nnc(C(F)F)o3)cn2)C(=O)N1c1cccc2[nH]ccc12. The number of anilines is 1. The van der Waals surface area contributed by atoms with E-state index in [-0.39, 0.29) is 18.3 Å². The standard InChI is InChI=1S/C22H18F2N6O3/c1-22(2)20(31)29(21(32)30(22)16-5-3-4-15-14(16)8-9-25-15)11-13-7-6-12(10-26-13)18-27-28-19(33-18)17(23)24/h3-10,17,25H,11H2,1-2H3. The fraction of sp³-hybridized carbons (Fsp3) is 0.227. The van der Waals surface area contributed by atoms with Gasteiger partial charge in [-0.25, -0.2) is 4.79 Å². The first kappa shape index (κ1) is 20.7. The van der Waals surface area contributed by atoms with Crippen molar-refractivity contribution in [1.82, 2.24) is 25.1 Å². The first-order chi connectivity index (χ1) is 15.8. The van der Waals surface area contributed by atoms with Crippen molar-refractivity contribution in [2.45, 2.75) is 32.4 Å². The summed E-state index contributed by atoms with van der Waals surface area (Å²) in [6, 6.07) is 10.1. The van der Waals surface area contributed by atoms with E-state index in [0.717, 1.165) is 15.8 Å². The van der Waals surface area contributed by atoms with Gasteiger partial charge in [-0.3, -0.25) is 19.6 Å². The van der Waals surface area contributed by atoms with E-state index in [0.29, 0.717) is 16.9 Å². The molecule has 3 aromatic heterocycles. The Hall–Kier alpha value is -4.15. The molecule has 0 radical (unpaired) electrons. The largest absolute Gasteiger partial charge is 0.415 e. The van der Waals surface area contributed by atoms with Crippen LogP contribution in [0.2, 0.25) is 0 Å². The van der Waals surface area contributed by atoms with E-state index in [2.05, 4.69) is 20.2 Å². The van der Waals surface area contributed by atoms with Crippen LogP contribution < -0.4 is 4.90 Å². The highest BCUT2D eigenvalue weighted by molar-refractivity contribution is 6.18. The van der Waals surface area contributed by atoms with Crippen molar-refractivity contribution in [3.05, 3.63) is 60.4 Å². The van der Waals surface area contributed by atoms with Gasteiger partial charge in [-0.05, 0) is 44.2 Å². The Balaban J connectivity index is 1.41. The van der Waals surface area contributed by atoms with Crippen molar-refractivity contribution in [2.75, 3.05) is 4.90 Å². The average molecular weight is 452 g/mol. The number of aromatic nitrogens is 4. The lowest BCUT2D eigenvalue weighted by molar-refractivity contribution is -0.130. The minimum atomic E-state index is -2.87. The van der Waals surface area contributed by atoms with Gasteiger partial charge in [0.2, 0.25) is 5.89 Å². The molecule has 5 rings (SSSR count). The molecule has 3 amide bonds. The summed E-state index contributed by atoms with van der Waals surface area (Å²) in [7, 11) is 0. The van der Waals surface area contributed by atoms with Crippen LogP contribution in [0.4, 0.5) is 19.3 Å². The molecule has 0 atom stereocenters. The Morgan fingerprint density at radius 3 is 2.64 bits per heavy atom. The van der Waals surface area contributed by atoms with Crippen molar-refractivity contribution in [1.29, 1.82) is 0 Å². The van der Waals surface area contributed by atoms with Crippen LogP contribution >= 0.6 is 0 Å². The second-order valence-corrected chi connectivity index (χ2v) is 8.07. The quantitative estimate of drug-likeness (QED) is 0.453. The van der Waals surface area contributed by atoms with Gasteiger partial charge >= 0.3 is 12.5 Å². The molecule has 1 aliphatic heterocycles. The van der Waals surface area contributed by atoms with E-state index >= 15 is 0 Å². The molecule has 9 nitrogen and oxygen atoms in total. The second kappa shape index (κ2) is 7.47. The van der Waals surface area contributed by atoms with Crippen molar-refractivity contribution in [3.63, 3.8) is 0 Å². The summed E-state index contributed by atoms with van der Waals surface area (Å²) in [5.41, 5.74) is 1.17. The fourth-order valence-electron chi connectivity index (χ4n) is 3.93. The van der Waals surface area contributed by atoms with E-state index in [1.54, 1.807) is 38.2 Å². The number of carbonyl (C=O) groups excluding carboxylic acids is 2. The number of halogens is 2. The lowest BCUT2D eigenvalue weighted by Gasteiger charge is -2.28. The number of nitrogens with zero attached hydrogens (tertiary/aromatic N) is 5. The Kier molecular flexibility index (Phi) is 4.69. The Morgan fingerprint density at radius 2 is 1.94 bits per heavy atom. The zero-order valence-electron chi connectivity index (χ0n) is 17.6. The number of benzene rings is 1. The molecule has 0 aliphatic carbocycles. The zero-order chi connectivity index (χ0) is 23.3. The molecule has 11 heteroatoms. The summed E-state index contributed by atoms with van der Waals surface area (Å²) < 4.78 is 30.2. The molecule has 4 heterocycles. The molecule has 1 aliphatic rings. The molecule has 4 aromatic rings. The molecule has 0 spiro atoms. The topological polar surface area (TPSA) is 108 Å². The fourth-order valence-corrected chi connectivity index (χ4v) is 3.93. The molecular weight excluding hydrogens is 434 g/mol. The average Bonchev–Trinajstić information content (AvgIpc) is 3.50.